The van der Waals surface area contributed by atoms with Gasteiger partial charge < -0.3 is 8.92 Å². The molecule has 0 bridgehead atoms. The summed E-state index contributed by atoms with van der Waals surface area (Å²) < 4.78 is 36.5. The fourth-order valence-electron chi connectivity index (χ4n) is 3.32. The maximum Gasteiger partial charge on any atom is 0.339 e. The van der Waals surface area contributed by atoms with Crippen molar-refractivity contribution in [2.45, 2.75) is 11.8 Å². The lowest BCUT2D eigenvalue weighted by molar-refractivity contribution is 0.0955. The summed E-state index contributed by atoms with van der Waals surface area (Å²) in [6.07, 6.45) is 1.42. The first-order valence-corrected chi connectivity index (χ1v) is 12.7. The first-order valence-electron chi connectivity index (χ1n) is 10.5. The molecule has 4 aromatic rings. The number of aryl methyl sites for hydroxylation is 1. The highest BCUT2D eigenvalue weighted by molar-refractivity contribution is 9.10. The molecule has 0 heterocycles. The summed E-state index contributed by atoms with van der Waals surface area (Å²) in [6, 6.07) is 22.6. The van der Waals surface area contributed by atoms with Crippen molar-refractivity contribution in [3.8, 4) is 11.5 Å². The van der Waals surface area contributed by atoms with Gasteiger partial charge in [0.1, 0.15) is 4.90 Å². The highest BCUT2D eigenvalue weighted by Gasteiger charge is 2.22. The average Bonchev–Trinajstić information content (AvgIpc) is 2.85. The second-order valence-corrected chi connectivity index (χ2v) is 10.0. The number of halogens is 1. The van der Waals surface area contributed by atoms with Gasteiger partial charge in [0, 0.05) is 5.56 Å². The first-order chi connectivity index (χ1) is 16.8. The molecule has 0 aliphatic carbocycles. The number of hydrazone groups is 1. The van der Waals surface area contributed by atoms with Crippen LogP contribution in [0.4, 0.5) is 0 Å². The topological polar surface area (TPSA) is 94.1 Å². The number of nitrogens with one attached hydrogen (secondary N) is 1. The van der Waals surface area contributed by atoms with Crippen LogP contribution in [0.15, 0.2) is 93.3 Å². The molecule has 0 atom stereocenters. The van der Waals surface area contributed by atoms with E-state index in [0.717, 1.165) is 16.3 Å². The van der Waals surface area contributed by atoms with Gasteiger partial charge in [-0.1, -0.05) is 48.0 Å². The third-order valence-corrected chi connectivity index (χ3v) is 6.97. The Morgan fingerprint density at radius 1 is 0.971 bits per heavy atom. The average molecular weight is 553 g/mol. The van der Waals surface area contributed by atoms with Crippen molar-refractivity contribution < 1.29 is 22.1 Å². The standard InChI is InChI=1S/C26H21BrN2O5S/c1-17-7-11-22(12-8-17)35(31,32)34-25-23(27)13-18(14-24(25)33-2)16-28-29-26(30)21-10-9-19-5-3-4-6-20(19)15-21/h3-16H,1-2H3,(H,29,30)/b28-16-. The summed E-state index contributed by atoms with van der Waals surface area (Å²) in [6.45, 7) is 1.86. The molecule has 4 aromatic carbocycles. The number of methoxy groups -OCH3 is 1. The van der Waals surface area contributed by atoms with E-state index in [2.05, 4.69) is 26.5 Å². The Balaban J connectivity index is 1.51. The summed E-state index contributed by atoms with van der Waals surface area (Å²) in [5.41, 5.74) is 4.45. The molecule has 0 spiro atoms. The van der Waals surface area contributed by atoms with E-state index in [4.69, 9.17) is 8.92 Å². The van der Waals surface area contributed by atoms with Gasteiger partial charge in [0.25, 0.3) is 5.91 Å². The maximum absolute atomic E-state index is 12.7. The van der Waals surface area contributed by atoms with Crippen molar-refractivity contribution in [1.82, 2.24) is 5.43 Å². The Kier molecular flexibility index (Phi) is 7.18. The maximum atomic E-state index is 12.7. The van der Waals surface area contributed by atoms with Gasteiger partial charge in [-0.25, -0.2) is 5.43 Å². The van der Waals surface area contributed by atoms with Gasteiger partial charge in [-0.2, -0.15) is 13.5 Å². The third kappa shape index (κ3) is 5.70. The van der Waals surface area contributed by atoms with E-state index in [-0.39, 0.29) is 22.3 Å². The van der Waals surface area contributed by atoms with Gasteiger partial charge in [0.05, 0.1) is 17.8 Å². The Morgan fingerprint density at radius 3 is 2.40 bits per heavy atom. The molecule has 178 valence electrons. The number of fused-ring (bicyclic) bond motifs is 1. The molecule has 0 aromatic heterocycles. The number of nitrogens with zero attached hydrogens (tertiary/aromatic N) is 1. The molecule has 9 heteroatoms. The fourth-order valence-corrected chi connectivity index (χ4v) is 4.92. The smallest absolute Gasteiger partial charge is 0.339 e. The van der Waals surface area contributed by atoms with Gasteiger partial charge >= 0.3 is 10.1 Å². The Labute approximate surface area is 211 Å². The summed E-state index contributed by atoms with van der Waals surface area (Å²) >= 11 is 3.34. The Hall–Kier alpha value is -3.69. The normalized spacial score (nSPS) is 11.5. The number of benzene rings is 4. The van der Waals surface area contributed by atoms with Gasteiger partial charge in [0.15, 0.2) is 11.5 Å². The number of carbonyl (C=O) groups excluding carboxylic acids is 1. The molecule has 0 unspecified atom stereocenters. The largest absolute Gasteiger partial charge is 0.493 e. The van der Waals surface area contributed by atoms with Crippen LogP contribution in [-0.2, 0) is 10.1 Å². The van der Waals surface area contributed by atoms with Crippen molar-refractivity contribution in [1.29, 1.82) is 0 Å². The molecule has 35 heavy (non-hydrogen) atoms. The molecule has 0 aliphatic heterocycles. The van der Waals surface area contributed by atoms with E-state index in [1.165, 1.54) is 25.5 Å². The molecule has 7 nitrogen and oxygen atoms in total. The minimum Gasteiger partial charge on any atom is -0.493 e. The molecule has 4 rings (SSSR count). The Morgan fingerprint density at radius 2 is 1.69 bits per heavy atom. The lowest BCUT2D eigenvalue weighted by Gasteiger charge is -2.13. The number of amides is 1. The first kappa shape index (κ1) is 24.4. The molecular formula is C26H21BrN2O5S. The zero-order valence-corrected chi connectivity index (χ0v) is 21.3. The quantitative estimate of drug-likeness (QED) is 0.187. The molecular weight excluding hydrogens is 532 g/mol. The predicted octanol–water partition coefficient (Wildman–Crippen LogP) is 5.45. The van der Waals surface area contributed by atoms with Gasteiger partial charge in [-0.05, 0) is 75.6 Å². The number of ether oxygens (including phenoxy) is 1. The molecule has 0 aliphatic rings. The number of hydrogen-bond acceptors (Lipinski definition) is 6. The molecule has 0 radical (unpaired) electrons. The lowest BCUT2D eigenvalue weighted by atomic mass is 10.1. The summed E-state index contributed by atoms with van der Waals surface area (Å²) in [4.78, 5) is 12.5. The van der Waals surface area contributed by atoms with Gasteiger partial charge in [-0.3, -0.25) is 4.79 Å². The van der Waals surface area contributed by atoms with Crippen LogP contribution < -0.4 is 14.3 Å². The molecule has 1 N–H and O–H groups in total. The zero-order valence-electron chi connectivity index (χ0n) is 18.9. The minimum atomic E-state index is -4.07. The minimum absolute atomic E-state index is 0.00502. The van der Waals surface area contributed by atoms with Crippen LogP contribution in [0.5, 0.6) is 11.5 Å². The van der Waals surface area contributed by atoms with Crippen molar-refractivity contribution in [3.63, 3.8) is 0 Å². The second-order valence-electron chi connectivity index (χ2n) is 7.65. The summed E-state index contributed by atoms with van der Waals surface area (Å²) in [5.74, 6) is -0.176. The van der Waals surface area contributed by atoms with Crippen LogP contribution in [0.1, 0.15) is 21.5 Å². The van der Waals surface area contributed by atoms with E-state index in [1.54, 1.807) is 36.4 Å². The Bertz CT molecular complexity index is 1530. The van der Waals surface area contributed by atoms with Crippen LogP contribution >= 0.6 is 15.9 Å². The van der Waals surface area contributed by atoms with E-state index in [9.17, 15) is 13.2 Å². The van der Waals surface area contributed by atoms with E-state index in [0.29, 0.717) is 15.6 Å². The highest BCUT2D eigenvalue weighted by atomic mass is 79.9. The molecule has 1 amide bonds. The SMILES string of the molecule is COc1cc(/C=N\NC(=O)c2ccc3ccccc3c2)cc(Br)c1OS(=O)(=O)c1ccc(C)cc1. The van der Waals surface area contributed by atoms with E-state index in [1.807, 2.05) is 37.3 Å². The predicted molar refractivity (Wildman–Crippen MR) is 139 cm³/mol. The van der Waals surface area contributed by atoms with Crippen LogP contribution in [0.2, 0.25) is 0 Å². The van der Waals surface area contributed by atoms with Crippen molar-refractivity contribution >= 4 is 48.9 Å². The fraction of sp³-hybridized carbons (Fsp3) is 0.0769. The van der Waals surface area contributed by atoms with E-state index >= 15 is 0 Å². The second kappa shape index (κ2) is 10.3. The summed E-state index contributed by atoms with van der Waals surface area (Å²) in [7, 11) is -2.67. The van der Waals surface area contributed by atoms with E-state index < -0.39 is 10.1 Å². The number of carbonyl (C=O) groups is 1. The molecule has 0 fully saturated rings. The third-order valence-electron chi connectivity index (χ3n) is 5.15. The molecule has 0 saturated heterocycles. The van der Waals surface area contributed by atoms with Crippen molar-refractivity contribution in [2.75, 3.05) is 7.11 Å². The number of rotatable bonds is 7. The van der Waals surface area contributed by atoms with Gasteiger partial charge in [0.2, 0.25) is 0 Å². The molecule has 0 saturated carbocycles. The van der Waals surface area contributed by atoms with Crippen LogP contribution in [0, 0.1) is 6.92 Å². The van der Waals surface area contributed by atoms with Crippen molar-refractivity contribution in [3.05, 3.63) is 100 Å². The monoisotopic (exact) mass is 552 g/mol. The van der Waals surface area contributed by atoms with Crippen molar-refractivity contribution in [2.24, 2.45) is 5.10 Å². The van der Waals surface area contributed by atoms with Gasteiger partial charge in [-0.15, -0.1) is 0 Å². The van der Waals surface area contributed by atoms with Crippen LogP contribution in [-0.4, -0.2) is 27.6 Å². The number of hydrogen-bond donors (Lipinski definition) is 1. The highest BCUT2D eigenvalue weighted by Crippen LogP contribution is 2.38. The lowest BCUT2D eigenvalue weighted by Crippen LogP contribution is -2.17. The summed E-state index contributed by atoms with van der Waals surface area (Å²) in [5, 5.41) is 6.01. The van der Waals surface area contributed by atoms with Crippen LogP contribution in [0.25, 0.3) is 10.8 Å². The van der Waals surface area contributed by atoms with Crippen LogP contribution in [0.3, 0.4) is 0 Å². The zero-order chi connectivity index (χ0) is 25.0.